The summed E-state index contributed by atoms with van der Waals surface area (Å²) in [6.07, 6.45) is 4.79. The number of halogens is 1. The maximum atomic E-state index is 11.6. The van der Waals surface area contributed by atoms with Gasteiger partial charge in [-0.3, -0.25) is 10.1 Å². The van der Waals surface area contributed by atoms with Crippen LogP contribution in [0.4, 0.5) is 0 Å². The van der Waals surface area contributed by atoms with E-state index < -0.39 is 0 Å². The summed E-state index contributed by atoms with van der Waals surface area (Å²) < 4.78 is 0. The Morgan fingerprint density at radius 2 is 2.53 bits per heavy atom. The second kappa shape index (κ2) is 6.74. The Hall–Kier alpha value is -0.910. The number of hydrogen-bond acceptors (Lipinski definition) is 4. The quantitative estimate of drug-likeness (QED) is 0.813. The number of nitrogens with zero attached hydrogens (tertiary/aromatic N) is 1. The van der Waals surface area contributed by atoms with Crippen molar-refractivity contribution in [3.63, 3.8) is 0 Å². The van der Waals surface area contributed by atoms with Crippen LogP contribution in [-0.2, 0) is 17.8 Å². The van der Waals surface area contributed by atoms with Gasteiger partial charge in [-0.1, -0.05) is 19.1 Å². The first kappa shape index (κ1) is 14.2. The van der Waals surface area contributed by atoms with Gasteiger partial charge in [-0.2, -0.15) is 0 Å². The Morgan fingerprint density at radius 3 is 3.12 bits per heavy atom. The molecule has 1 aromatic heterocycles. The van der Waals surface area contributed by atoms with Crippen LogP contribution < -0.4 is 10.6 Å². The van der Waals surface area contributed by atoms with Crippen LogP contribution in [0.3, 0.4) is 0 Å². The molecule has 17 heavy (non-hydrogen) atoms. The third-order valence-corrected chi connectivity index (χ3v) is 3.34. The Morgan fingerprint density at radius 1 is 1.71 bits per heavy atom. The first-order chi connectivity index (χ1) is 7.79. The Kier molecular flexibility index (Phi) is 5.61. The minimum absolute atomic E-state index is 0. The molecule has 0 aliphatic carbocycles. The van der Waals surface area contributed by atoms with E-state index in [0.29, 0.717) is 6.54 Å². The highest BCUT2D eigenvalue weighted by atomic mass is 35.5. The van der Waals surface area contributed by atoms with Crippen LogP contribution in [0.1, 0.15) is 17.6 Å². The molecule has 0 bridgehead atoms. The van der Waals surface area contributed by atoms with Crippen molar-refractivity contribution >= 4 is 29.7 Å². The van der Waals surface area contributed by atoms with Crippen molar-refractivity contribution in [2.45, 2.75) is 25.9 Å². The van der Waals surface area contributed by atoms with Crippen molar-refractivity contribution in [2.75, 3.05) is 6.54 Å². The summed E-state index contributed by atoms with van der Waals surface area (Å²) in [7, 11) is 0. The summed E-state index contributed by atoms with van der Waals surface area (Å²) >= 11 is 1.59. The van der Waals surface area contributed by atoms with E-state index in [4.69, 9.17) is 0 Å². The van der Waals surface area contributed by atoms with Gasteiger partial charge < -0.3 is 5.32 Å². The predicted molar refractivity (Wildman–Crippen MR) is 71.5 cm³/mol. The number of aromatic nitrogens is 1. The molecule has 4 nitrogen and oxygen atoms in total. The summed E-state index contributed by atoms with van der Waals surface area (Å²) in [6, 6.07) is -0.175. The number of carbonyl (C=O) groups is 1. The molecule has 94 valence electrons. The molecule has 0 radical (unpaired) electrons. The van der Waals surface area contributed by atoms with Crippen LogP contribution >= 0.6 is 23.7 Å². The van der Waals surface area contributed by atoms with Crippen molar-refractivity contribution < 1.29 is 4.79 Å². The number of hydrogen-bond donors (Lipinski definition) is 2. The SMILES string of the molecule is CCc1csc(CNC(=O)C2C=CCN2)n1.Cl. The topological polar surface area (TPSA) is 54.0 Å². The fraction of sp³-hybridized carbons (Fsp3) is 0.455. The van der Waals surface area contributed by atoms with Gasteiger partial charge in [0.1, 0.15) is 11.0 Å². The van der Waals surface area contributed by atoms with Crippen LogP contribution in [0.2, 0.25) is 0 Å². The Labute approximate surface area is 111 Å². The van der Waals surface area contributed by atoms with Crippen molar-refractivity contribution in [3.05, 3.63) is 28.2 Å². The number of amides is 1. The minimum Gasteiger partial charge on any atom is -0.348 e. The smallest absolute Gasteiger partial charge is 0.241 e. The molecule has 0 fully saturated rings. The minimum atomic E-state index is -0.175. The number of rotatable bonds is 4. The maximum Gasteiger partial charge on any atom is 0.241 e. The average molecular weight is 274 g/mol. The number of aryl methyl sites for hydroxylation is 1. The molecule has 1 aromatic rings. The lowest BCUT2D eigenvalue weighted by Gasteiger charge is -2.08. The van der Waals surface area contributed by atoms with Crippen molar-refractivity contribution in [2.24, 2.45) is 0 Å². The molecular formula is C11H16ClN3OS. The van der Waals surface area contributed by atoms with E-state index in [9.17, 15) is 4.79 Å². The van der Waals surface area contributed by atoms with Gasteiger partial charge in [-0.15, -0.1) is 23.7 Å². The summed E-state index contributed by atoms with van der Waals surface area (Å²) in [4.78, 5) is 16.0. The fourth-order valence-electron chi connectivity index (χ4n) is 1.51. The second-order valence-corrected chi connectivity index (χ2v) is 4.56. The van der Waals surface area contributed by atoms with Gasteiger partial charge in [0.25, 0.3) is 0 Å². The van der Waals surface area contributed by atoms with E-state index in [2.05, 4.69) is 22.5 Å². The zero-order chi connectivity index (χ0) is 11.4. The van der Waals surface area contributed by atoms with Crippen molar-refractivity contribution in [1.82, 2.24) is 15.6 Å². The molecule has 0 aromatic carbocycles. The zero-order valence-corrected chi connectivity index (χ0v) is 11.2. The van der Waals surface area contributed by atoms with Gasteiger partial charge >= 0.3 is 0 Å². The van der Waals surface area contributed by atoms with Gasteiger partial charge in [0.2, 0.25) is 5.91 Å². The molecule has 2 rings (SSSR count). The van der Waals surface area contributed by atoms with Crippen molar-refractivity contribution in [1.29, 1.82) is 0 Å². The van der Waals surface area contributed by atoms with Gasteiger partial charge in [0.15, 0.2) is 0 Å². The van der Waals surface area contributed by atoms with Gasteiger partial charge in [-0.25, -0.2) is 4.98 Å². The van der Waals surface area contributed by atoms with Crippen LogP contribution in [0.5, 0.6) is 0 Å². The molecule has 1 atom stereocenters. The molecule has 0 spiro atoms. The van der Waals surface area contributed by atoms with Crippen LogP contribution in [0.15, 0.2) is 17.5 Å². The molecule has 2 heterocycles. The number of nitrogens with one attached hydrogen (secondary N) is 2. The van der Waals surface area contributed by atoms with Gasteiger partial charge in [0.05, 0.1) is 12.2 Å². The predicted octanol–water partition coefficient (Wildman–Crippen LogP) is 1.27. The summed E-state index contributed by atoms with van der Waals surface area (Å²) in [6.45, 7) is 3.37. The average Bonchev–Trinajstić information content (AvgIpc) is 2.96. The lowest BCUT2D eigenvalue weighted by molar-refractivity contribution is -0.122. The fourth-order valence-corrected chi connectivity index (χ4v) is 2.33. The largest absolute Gasteiger partial charge is 0.348 e. The van der Waals surface area contributed by atoms with Crippen molar-refractivity contribution in [3.8, 4) is 0 Å². The normalized spacial score (nSPS) is 17.8. The maximum absolute atomic E-state index is 11.6. The van der Waals surface area contributed by atoms with E-state index in [1.807, 2.05) is 17.5 Å². The summed E-state index contributed by atoms with van der Waals surface area (Å²) in [5.74, 6) is 0.0157. The monoisotopic (exact) mass is 273 g/mol. The molecule has 1 amide bonds. The molecule has 1 aliphatic heterocycles. The highest BCUT2D eigenvalue weighted by molar-refractivity contribution is 7.09. The lowest BCUT2D eigenvalue weighted by Crippen LogP contribution is -2.40. The van der Waals surface area contributed by atoms with E-state index in [1.54, 1.807) is 11.3 Å². The first-order valence-electron chi connectivity index (χ1n) is 5.40. The second-order valence-electron chi connectivity index (χ2n) is 3.62. The van der Waals surface area contributed by atoms with E-state index in [-0.39, 0.29) is 24.4 Å². The van der Waals surface area contributed by atoms with Crippen LogP contribution in [-0.4, -0.2) is 23.5 Å². The number of thiazole rings is 1. The third-order valence-electron chi connectivity index (χ3n) is 2.44. The van der Waals surface area contributed by atoms with Gasteiger partial charge in [0, 0.05) is 11.9 Å². The molecule has 1 aliphatic rings. The summed E-state index contributed by atoms with van der Waals surface area (Å²) in [5, 5.41) is 8.94. The summed E-state index contributed by atoms with van der Waals surface area (Å²) in [5.41, 5.74) is 1.09. The molecular weight excluding hydrogens is 258 g/mol. The van der Waals surface area contributed by atoms with Gasteiger partial charge in [-0.05, 0) is 6.42 Å². The van der Waals surface area contributed by atoms with Crippen LogP contribution in [0.25, 0.3) is 0 Å². The molecule has 1 unspecified atom stereocenters. The van der Waals surface area contributed by atoms with E-state index in [1.165, 1.54) is 0 Å². The molecule has 0 saturated carbocycles. The lowest BCUT2D eigenvalue weighted by atomic mass is 10.3. The molecule has 6 heteroatoms. The first-order valence-corrected chi connectivity index (χ1v) is 6.28. The highest BCUT2D eigenvalue weighted by Gasteiger charge is 2.16. The highest BCUT2D eigenvalue weighted by Crippen LogP contribution is 2.09. The zero-order valence-electron chi connectivity index (χ0n) is 9.60. The van der Waals surface area contributed by atoms with Crippen LogP contribution in [0, 0.1) is 0 Å². The van der Waals surface area contributed by atoms with E-state index in [0.717, 1.165) is 23.7 Å². The molecule has 2 N–H and O–H groups in total. The molecule has 0 saturated heterocycles. The van der Waals surface area contributed by atoms with E-state index >= 15 is 0 Å². The third kappa shape index (κ3) is 3.80. The Balaban J connectivity index is 0.00000144. The standard InChI is InChI=1S/C11H15N3OS.ClH/c1-2-8-7-16-10(14-8)6-13-11(15)9-4-3-5-12-9;/h3-4,7,9,12H,2,5-6H2,1H3,(H,13,15);1H. The Bertz CT molecular complexity index is 405. The number of carbonyl (C=O) groups excluding carboxylic acids is 1.